The van der Waals surface area contributed by atoms with Crippen LogP contribution in [0.1, 0.15) is 58.6 Å². The summed E-state index contributed by atoms with van der Waals surface area (Å²) >= 11 is 0. The van der Waals surface area contributed by atoms with E-state index in [1.165, 1.54) is 32.1 Å². The van der Waals surface area contributed by atoms with Crippen molar-refractivity contribution in [2.45, 2.75) is 65.0 Å². The summed E-state index contributed by atoms with van der Waals surface area (Å²) in [6, 6.07) is 4.09. The van der Waals surface area contributed by atoms with Crippen molar-refractivity contribution in [3.63, 3.8) is 0 Å². The molecule has 0 atom stereocenters. The summed E-state index contributed by atoms with van der Waals surface area (Å²) in [6.07, 6.45) is 8.62. The SMILES string of the molecule is CC(C)(C)NCc1ccc(OCC2CCCCC2)cn1. The zero-order valence-electron chi connectivity index (χ0n) is 13.1. The largest absolute Gasteiger partial charge is 0.492 e. The van der Waals surface area contributed by atoms with Crippen molar-refractivity contribution in [2.75, 3.05) is 6.61 Å². The predicted octanol–water partition coefficient (Wildman–Crippen LogP) is 3.93. The molecule has 1 fully saturated rings. The van der Waals surface area contributed by atoms with Gasteiger partial charge < -0.3 is 10.1 Å². The topological polar surface area (TPSA) is 34.1 Å². The van der Waals surface area contributed by atoms with Crippen LogP contribution in [0.2, 0.25) is 0 Å². The van der Waals surface area contributed by atoms with Gasteiger partial charge in [0.2, 0.25) is 0 Å². The Balaban J connectivity index is 1.76. The summed E-state index contributed by atoms with van der Waals surface area (Å²) in [6.45, 7) is 8.13. The maximum absolute atomic E-state index is 5.86. The molecule has 0 amide bonds. The quantitative estimate of drug-likeness (QED) is 0.885. The Kier molecular flexibility index (Phi) is 5.41. The molecule has 3 heteroatoms. The van der Waals surface area contributed by atoms with Gasteiger partial charge in [-0.25, -0.2) is 0 Å². The second-order valence-electron chi connectivity index (χ2n) is 6.90. The second kappa shape index (κ2) is 7.07. The number of ether oxygens (including phenoxy) is 1. The summed E-state index contributed by atoms with van der Waals surface area (Å²) in [5.41, 5.74) is 1.18. The second-order valence-corrected chi connectivity index (χ2v) is 6.90. The van der Waals surface area contributed by atoms with E-state index in [0.717, 1.165) is 30.5 Å². The van der Waals surface area contributed by atoms with Gasteiger partial charge in [0.05, 0.1) is 18.5 Å². The highest BCUT2D eigenvalue weighted by molar-refractivity contribution is 5.19. The molecule has 1 heterocycles. The Labute approximate surface area is 123 Å². The molecule has 1 saturated carbocycles. The van der Waals surface area contributed by atoms with Crippen molar-refractivity contribution in [1.82, 2.24) is 10.3 Å². The van der Waals surface area contributed by atoms with Crippen LogP contribution in [0.15, 0.2) is 18.3 Å². The first-order valence-electron chi connectivity index (χ1n) is 7.86. The van der Waals surface area contributed by atoms with Gasteiger partial charge in [-0.15, -0.1) is 0 Å². The lowest BCUT2D eigenvalue weighted by Gasteiger charge is -2.22. The Morgan fingerprint density at radius 3 is 2.55 bits per heavy atom. The molecule has 0 aromatic carbocycles. The molecule has 1 aromatic heterocycles. The summed E-state index contributed by atoms with van der Waals surface area (Å²) in [5, 5.41) is 3.44. The maximum atomic E-state index is 5.86. The number of pyridine rings is 1. The zero-order valence-corrected chi connectivity index (χ0v) is 13.1. The minimum Gasteiger partial charge on any atom is -0.492 e. The van der Waals surface area contributed by atoms with Gasteiger partial charge in [-0.3, -0.25) is 4.98 Å². The zero-order chi connectivity index (χ0) is 14.4. The molecule has 1 aliphatic carbocycles. The Morgan fingerprint density at radius 1 is 1.20 bits per heavy atom. The first-order chi connectivity index (χ1) is 9.53. The standard InChI is InChI=1S/C17H28N2O/c1-17(2,3)19-11-15-9-10-16(12-18-15)20-13-14-7-5-4-6-8-14/h9-10,12,14,19H,4-8,11,13H2,1-3H3. The van der Waals surface area contributed by atoms with E-state index in [4.69, 9.17) is 4.74 Å². The molecule has 112 valence electrons. The lowest BCUT2D eigenvalue weighted by molar-refractivity contribution is 0.208. The van der Waals surface area contributed by atoms with Crippen LogP contribution in [0.25, 0.3) is 0 Å². The van der Waals surface area contributed by atoms with Gasteiger partial charge in [-0.2, -0.15) is 0 Å². The van der Waals surface area contributed by atoms with Crippen molar-refractivity contribution in [1.29, 1.82) is 0 Å². The highest BCUT2D eigenvalue weighted by atomic mass is 16.5. The fourth-order valence-corrected chi connectivity index (χ4v) is 2.52. The van der Waals surface area contributed by atoms with E-state index in [1.54, 1.807) is 0 Å². The lowest BCUT2D eigenvalue weighted by atomic mass is 9.90. The fourth-order valence-electron chi connectivity index (χ4n) is 2.52. The van der Waals surface area contributed by atoms with Crippen molar-refractivity contribution in [2.24, 2.45) is 5.92 Å². The minimum absolute atomic E-state index is 0.123. The third kappa shape index (κ3) is 5.49. The van der Waals surface area contributed by atoms with E-state index in [1.807, 2.05) is 12.3 Å². The monoisotopic (exact) mass is 276 g/mol. The lowest BCUT2D eigenvalue weighted by Crippen LogP contribution is -2.35. The first kappa shape index (κ1) is 15.3. The van der Waals surface area contributed by atoms with Crippen LogP contribution < -0.4 is 10.1 Å². The first-order valence-corrected chi connectivity index (χ1v) is 7.86. The maximum Gasteiger partial charge on any atom is 0.137 e. The van der Waals surface area contributed by atoms with Gasteiger partial charge in [0, 0.05) is 12.1 Å². The molecule has 0 bridgehead atoms. The minimum atomic E-state index is 0.123. The molecule has 0 saturated heterocycles. The molecule has 0 radical (unpaired) electrons. The normalized spacial score (nSPS) is 17.1. The van der Waals surface area contributed by atoms with Gasteiger partial charge in [0.1, 0.15) is 5.75 Å². The third-order valence-electron chi connectivity index (χ3n) is 3.81. The van der Waals surface area contributed by atoms with E-state index >= 15 is 0 Å². The summed E-state index contributed by atoms with van der Waals surface area (Å²) in [7, 11) is 0. The Morgan fingerprint density at radius 2 is 1.95 bits per heavy atom. The van der Waals surface area contributed by atoms with E-state index in [9.17, 15) is 0 Å². The molecule has 0 aliphatic heterocycles. The molecule has 0 unspecified atom stereocenters. The van der Waals surface area contributed by atoms with E-state index < -0.39 is 0 Å². The molecule has 1 aromatic rings. The third-order valence-corrected chi connectivity index (χ3v) is 3.81. The van der Waals surface area contributed by atoms with Crippen molar-refractivity contribution >= 4 is 0 Å². The average Bonchev–Trinajstić information content (AvgIpc) is 2.44. The number of rotatable bonds is 5. The number of nitrogens with one attached hydrogen (secondary N) is 1. The van der Waals surface area contributed by atoms with Crippen molar-refractivity contribution in [3.8, 4) is 5.75 Å². The molecule has 3 nitrogen and oxygen atoms in total. The molecular formula is C17H28N2O. The van der Waals surface area contributed by atoms with Crippen LogP contribution in [-0.4, -0.2) is 17.1 Å². The van der Waals surface area contributed by atoms with E-state index in [0.29, 0.717) is 0 Å². The van der Waals surface area contributed by atoms with Crippen LogP contribution in [0.3, 0.4) is 0 Å². The van der Waals surface area contributed by atoms with Crippen LogP contribution in [0.4, 0.5) is 0 Å². The molecule has 20 heavy (non-hydrogen) atoms. The number of nitrogens with zero attached hydrogens (tertiary/aromatic N) is 1. The predicted molar refractivity (Wildman–Crippen MR) is 82.9 cm³/mol. The number of aromatic nitrogens is 1. The summed E-state index contributed by atoms with van der Waals surface area (Å²) < 4.78 is 5.86. The van der Waals surface area contributed by atoms with Crippen LogP contribution >= 0.6 is 0 Å². The van der Waals surface area contributed by atoms with Crippen LogP contribution in [0, 0.1) is 5.92 Å². The van der Waals surface area contributed by atoms with Gasteiger partial charge >= 0.3 is 0 Å². The van der Waals surface area contributed by atoms with Crippen molar-refractivity contribution < 1.29 is 4.74 Å². The van der Waals surface area contributed by atoms with Gasteiger partial charge in [0.15, 0.2) is 0 Å². The highest BCUT2D eigenvalue weighted by Crippen LogP contribution is 2.24. The summed E-state index contributed by atoms with van der Waals surface area (Å²) in [5.74, 6) is 1.64. The Bertz CT molecular complexity index is 388. The average molecular weight is 276 g/mol. The van der Waals surface area contributed by atoms with Gasteiger partial charge in [-0.1, -0.05) is 19.3 Å². The van der Waals surface area contributed by atoms with Crippen LogP contribution in [-0.2, 0) is 6.54 Å². The summed E-state index contributed by atoms with van der Waals surface area (Å²) in [4.78, 5) is 4.46. The van der Waals surface area contributed by atoms with E-state index in [-0.39, 0.29) is 5.54 Å². The molecule has 2 rings (SSSR count). The Hall–Kier alpha value is -1.09. The highest BCUT2D eigenvalue weighted by Gasteiger charge is 2.14. The van der Waals surface area contributed by atoms with E-state index in [2.05, 4.69) is 37.1 Å². The smallest absolute Gasteiger partial charge is 0.137 e. The van der Waals surface area contributed by atoms with Crippen LogP contribution in [0.5, 0.6) is 5.75 Å². The van der Waals surface area contributed by atoms with Gasteiger partial charge in [-0.05, 0) is 51.7 Å². The molecule has 1 aliphatic rings. The number of hydrogen-bond acceptors (Lipinski definition) is 3. The molecule has 1 N–H and O–H groups in total. The number of hydrogen-bond donors (Lipinski definition) is 1. The molecule has 0 spiro atoms. The van der Waals surface area contributed by atoms with Crippen molar-refractivity contribution in [3.05, 3.63) is 24.0 Å². The van der Waals surface area contributed by atoms with Gasteiger partial charge in [0.25, 0.3) is 0 Å². The molecular weight excluding hydrogens is 248 g/mol. The fraction of sp³-hybridized carbons (Fsp3) is 0.706.